The molecular formula is C51H72N8O10. The molecule has 5 atom stereocenters. The summed E-state index contributed by atoms with van der Waals surface area (Å²) in [6.07, 6.45) is 2.31. The number of carbonyl (C=O) groups excluding carboxylic acids is 7. The lowest BCUT2D eigenvalue weighted by Gasteiger charge is -2.34. The Kier molecular flexibility index (Phi) is 20.6. The first-order valence-electron chi connectivity index (χ1n) is 24.1. The van der Waals surface area contributed by atoms with Gasteiger partial charge in [-0.2, -0.15) is 0 Å². The molecule has 376 valence electrons. The number of esters is 1. The Bertz CT molecular complexity index is 2170. The number of amides is 4. The Balaban J connectivity index is 1.38. The lowest BCUT2D eigenvalue weighted by molar-refractivity contribution is -0.160. The Morgan fingerprint density at radius 1 is 0.826 bits per heavy atom. The van der Waals surface area contributed by atoms with E-state index in [9.17, 15) is 33.6 Å². The predicted molar refractivity (Wildman–Crippen MR) is 256 cm³/mol. The Hall–Kier alpha value is -5.85. The van der Waals surface area contributed by atoms with Crippen molar-refractivity contribution in [2.45, 2.75) is 116 Å². The molecule has 18 nitrogen and oxygen atoms in total. The van der Waals surface area contributed by atoms with Crippen molar-refractivity contribution < 1.29 is 47.8 Å². The van der Waals surface area contributed by atoms with E-state index in [1.807, 2.05) is 93.3 Å². The van der Waals surface area contributed by atoms with E-state index in [-0.39, 0.29) is 87.5 Å². The molecule has 2 fully saturated rings. The van der Waals surface area contributed by atoms with Crippen molar-refractivity contribution in [1.29, 1.82) is 0 Å². The number of epoxide rings is 1. The summed E-state index contributed by atoms with van der Waals surface area (Å²) in [6, 6.07) is 15.7. The number of aryl methyl sites for hydroxylation is 2. The summed E-state index contributed by atoms with van der Waals surface area (Å²) in [6.45, 7) is 11.1. The molecule has 2 aromatic carbocycles. The first-order valence-corrected chi connectivity index (χ1v) is 24.1. The van der Waals surface area contributed by atoms with Crippen LogP contribution in [0, 0.1) is 17.8 Å². The summed E-state index contributed by atoms with van der Waals surface area (Å²) < 4.78 is 18.2. The Labute approximate surface area is 406 Å². The summed E-state index contributed by atoms with van der Waals surface area (Å²) in [5.41, 5.74) is 1.34. The molecule has 3 heterocycles. The number of ketones is 2. The van der Waals surface area contributed by atoms with Gasteiger partial charge in [-0.05, 0) is 62.0 Å². The fourth-order valence-corrected chi connectivity index (χ4v) is 8.33. The van der Waals surface area contributed by atoms with Crippen molar-refractivity contribution in [1.82, 2.24) is 40.3 Å². The molecule has 2 aliphatic rings. The van der Waals surface area contributed by atoms with Gasteiger partial charge >= 0.3 is 5.97 Å². The van der Waals surface area contributed by atoms with E-state index in [1.165, 1.54) is 14.5 Å². The SMILES string of the molecule is CC(C)C[C@H](NC(=O)[C@H](CCc1ccccc1)N(COC(=O)CCC(=O)N(C)Cc1cn(C)nn1)C(=O)CN1CCOCC1)C(=O)C[C@@H](Cc1ccccc1)C(=O)N[C@@H](CC(C)C)C(=O)[C@@]1(C)CO1. The quantitative estimate of drug-likeness (QED) is 0.0607. The minimum Gasteiger partial charge on any atom is -0.444 e. The van der Waals surface area contributed by atoms with Crippen LogP contribution in [0.3, 0.4) is 0 Å². The van der Waals surface area contributed by atoms with Crippen molar-refractivity contribution in [3.05, 3.63) is 83.7 Å². The van der Waals surface area contributed by atoms with Gasteiger partial charge in [-0.25, -0.2) is 0 Å². The van der Waals surface area contributed by atoms with E-state index in [0.29, 0.717) is 44.8 Å². The lowest BCUT2D eigenvalue weighted by atomic mass is 9.87. The van der Waals surface area contributed by atoms with E-state index in [2.05, 4.69) is 20.9 Å². The number of rotatable bonds is 28. The zero-order chi connectivity index (χ0) is 50.1. The largest absolute Gasteiger partial charge is 0.444 e. The van der Waals surface area contributed by atoms with Crippen LogP contribution in [0.4, 0.5) is 0 Å². The number of ether oxygens (including phenoxy) is 3. The molecule has 2 saturated heterocycles. The summed E-state index contributed by atoms with van der Waals surface area (Å²) >= 11 is 0. The summed E-state index contributed by atoms with van der Waals surface area (Å²) in [7, 11) is 3.31. The van der Waals surface area contributed by atoms with Crippen molar-refractivity contribution >= 4 is 41.2 Å². The van der Waals surface area contributed by atoms with Crippen LogP contribution in [-0.4, -0.2) is 148 Å². The van der Waals surface area contributed by atoms with Gasteiger partial charge in [-0.1, -0.05) is 93.6 Å². The number of nitrogens with one attached hydrogen (secondary N) is 2. The van der Waals surface area contributed by atoms with Crippen LogP contribution in [0.25, 0.3) is 0 Å². The second-order valence-electron chi connectivity index (χ2n) is 19.4. The third kappa shape index (κ3) is 17.6. The minimum absolute atomic E-state index is 0.0712. The number of nitrogens with zero attached hydrogens (tertiary/aromatic N) is 6. The second kappa shape index (κ2) is 26.2. The van der Waals surface area contributed by atoms with Gasteiger partial charge in [0.1, 0.15) is 17.3 Å². The van der Waals surface area contributed by atoms with Gasteiger partial charge in [0.25, 0.3) is 0 Å². The highest BCUT2D eigenvalue weighted by Crippen LogP contribution is 2.30. The fraction of sp³-hybridized carbons (Fsp3) is 0.588. The number of benzene rings is 2. The zero-order valence-electron chi connectivity index (χ0n) is 41.4. The molecule has 0 aliphatic carbocycles. The van der Waals surface area contributed by atoms with E-state index in [1.54, 1.807) is 27.2 Å². The second-order valence-corrected chi connectivity index (χ2v) is 19.4. The summed E-state index contributed by atoms with van der Waals surface area (Å²) in [4.78, 5) is 103. The maximum atomic E-state index is 14.9. The van der Waals surface area contributed by atoms with Crippen LogP contribution in [-0.2, 0) is 74.2 Å². The van der Waals surface area contributed by atoms with E-state index in [0.717, 1.165) is 11.1 Å². The van der Waals surface area contributed by atoms with Crippen LogP contribution in [0.1, 0.15) is 90.0 Å². The molecule has 1 aromatic heterocycles. The molecule has 4 amide bonds. The Morgan fingerprint density at radius 2 is 1.43 bits per heavy atom. The molecule has 3 aromatic rings. The van der Waals surface area contributed by atoms with Crippen LogP contribution < -0.4 is 10.6 Å². The molecule has 2 aliphatic heterocycles. The van der Waals surface area contributed by atoms with Crippen molar-refractivity contribution in [2.24, 2.45) is 24.8 Å². The number of carbonyl (C=O) groups is 7. The normalized spacial score (nSPS) is 17.6. The molecule has 0 spiro atoms. The summed E-state index contributed by atoms with van der Waals surface area (Å²) in [5, 5.41) is 13.9. The molecule has 5 rings (SSSR count). The fourth-order valence-electron chi connectivity index (χ4n) is 8.33. The number of hydrogen-bond acceptors (Lipinski definition) is 13. The third-order valence-electron chi connectivity index (χ3n) is 12.4. The van der Waals surface area contributed by atoms with Gasteiger partial charge in [0.05, 0.1) is 51.4 Å². The number of Topliss-reactive ketones (excluding diaryl/α,β-unsaturated/α-hetero) is 2. The molecule has 18 heteroatoms. The van der Waals surface area contributed by atoms with Gasteiger partial charge in [0.2, 0.25) is 23.6 Å². The molecule has 0 unspecified atom stereocenters. The topological polar surface area (TPSA) is 215 Å². The maximum absolute atomic E-state index is 14.9. The van der Waals surface area contributed by atoms with Crippen molar-refractivity contribution in [2.75, 3.05) is 53.2 Å². The van der Waals surface area contributed by atoms with E-state index >= 15 is 0 Å². The third-order valence-corrected chi connectivity index (χ3v) is 12.4. The molecule has 69 heavy (non-hydrogen) atoms. The van der Waals surface area contributed by atoms with Crippen molar-refractivity contribution in [3.8, 4) is 0 Å². The highest BCUT2D eigenvalue weighted by Gasteiger charge is 2.50. The standard InChI is InChI=1S/C51H72N8O10/c1-35(2)26-41(44(60)29-39(28-38-16-12-9-13-17-38)49(65)53-42(27-36(3)4)48(64)51(5)33-69-51)52-50(66)43(19-18-37-14-10-8-11-15-37)59(46(62)32-58-22-24-67-25-23-58)34-68-47(63)21-20-45(61)56(6)30-40-31-57(7)55-54-40/h8-17,31,35-36,39,41-43H,18-30,32-34H2,1-7H3,(H,52,66)(H,53,65)/t39-,41+,42+,43+,51-/m1/s1. The predicted octanol–water partition coefficient (Wildman–Crippen LogP) is 3.45. The highest BCUT2D eigenvalue weighted by atomic mass is 16.6. The average Bonchev–Trinajstić information content (AvgIpc) is 3.95. The van der Waals surface area contributed by atoms with E-state index < -0.39 is 60.1 Å². The molecule has 0 saturated carbocycles. The van der Waals surface area contributed by atoms with Gasteiger partial charge in [-0.15, -0.1) is 5.10 Å². The number of hydrogen-bond donors (Lipinski definition) is 2. The van der Waals surface area contributed by atoms with Crippen LogP contribution in [0.2, 0.25) is 0 Å². The van der Waals surface area contributed by atoms with Crippen molar-refractivity contribution in [3.63, 3.8) is 0 Å². The first kappa shape index (κ1) is 54.1. The highest BCUT2D eigenvalue weighted by molar-refractivity contribution is 5.98. The number of aromatic nitrogens is 3. The smallest absolute Gasteiger partial charge is 0.308 e. The first-order chi connectivity index (χ1) is 32.9. The molecule has 0 radical (unpaired) electrons. The van der Waals surface area contributed by atoms with Gasteiger partial charge in [-0.3, -0.25) is 48.0 Å². The van der Waals surface area contributed by atoms with Gasteiger partial charge < -0.3 is 29.7 Å². The monoisotopic (exact) mass is 957 g/mol. The van der Waals surface area contributed by atoms with Crippen LogP contribution >= 0.6 is 0 Å². The zero-order valence-corrected chi connectivity index (χ0v) is 41.4. The Morgan fingerprint density at radius 3 is 2.03 bits per heavy atom. The van der Waals surface area contributed by atoms with E-state index in [4.69, 9.17) is 14.2 Å². The van der Waals surface area contributed by atoms with Crippen LogP contribution in [0.5, 0.6) is 0 Å². The molecule has 2 N–H and O–H groups in total. The van der Waals surface area contributed by atoms with Gasteiger partial charge in [0.15, 0.2) is 18.3 Å². The average molecular weight is 957 g/mol. The minimum atomic E-state index is -1.20. The molecular weight excluding hydrogens is 885 g/mol. The summed E-state index contributed by atoms with van der Waals surface area (Å²) in [5.74, 6) is -4.09. The van der Waals surface area contributed by atoms with Gasteiger partial charge in [0, 0.05) is 52.1 Å². The molecule has 0 bridgehead atoms. The lowest BCUT2D eigenvalue weighted by Crippen LogP contribution is -2.56. The number of morpholine rings is 1. The van der Waals surface area contributed by atoms with Crippen LogP contribution in [0.15, 0.2) is 66.9 Å². The maximum Gasteiger partial charge on any atom is 0.308 e.